The summed E-state index contributed by atoms with van der Waals surface area (Å²) in [6.07, 6.45) is -1.53. The van der Waals surface area contributed by atoms with Crippen LogP contribution in [0.5, 0.6) is 0 Å². The van der Waals surface area contributed by atoms with Gasteiger partial charge in [-0.3, -0.25) is 4.90 Å². The Balaban J connectivity index is 1.98. The first-order valence-electron chi connectivity index (χ1n) is 11.0. The van der Waals surface area contributed by atoms with Crippen LogP contribution < -0.4 is 10.2 Å². The number of thiophene rings is 2. The first-order chi connectivity index (χ1) is 16.5. The molecule has 2 amide bonds. The van der Waals surface area contributed by atoms with Crippen molar-refractivity contribution in [2.24, 2.45) is 0 Å². The van der Waals surface area contributed by atoms with Crippen molar-refractivity contribution in [1.82, 2.24) is 9.69 Å². The minimum absolute atomic E-state index is 0.119. The molecule has 0 bridgehead atoms. The number of hydrogen-bond acceptors (Lipinski definition) is 8. The molecule has 0 aromatic carbocycles. The number of aromatic nitrogens is 1. The molecule has 0 aliphatic carbocycles. The SMILES string of the molecule is CC(NC(=O)OC(C)(C)C)C(F)(F)c1sc2c(N(Cc3cccs3)C(=O)OC(C)(C)C)snc2c1Br. The second kappa shape index (κ2) is 10.5. The van der Waals surface area contributed by atoms with Gasteiger partial charge in [-0.05, 0) is 87.4 Å². The number of hydrogen-bond donors (Lipinski definition) is 1. The lowest BCUT2D eigenvalue weighted by molar-refractivity contribution is -0.0384. The zero-order chi connectivity index (χ0) is 27.1. The van der Waals surface area contributed by atoms with Gasteiger partial charge in [0.25, 0.3) is 0 Å². The van der Waals surface area contributed by atoms with Crippen molar-refractivity contribution in [3.8, 4) is 0 Å². The number of halogens is 3. The molecule has 3 heterocycles. The molecule has 1 unspecified atom stereocenters. The Morgan fingerprint density at radius 2 is 1.81 bits per heavy atom. The van der Waals surface area contributed by atoms with Crippen LogP contribution in [-0.2, 0) is 21.9 Å². The van der Waals surface area contributed by atoms with Gasteiger partial charge in [0.1, 0.15) is 21.7 Å². The van der Waals surface area contributed by atoms with Crippen molar-refractivity contribution in [3.63, 3.8) is 0 Å². The Kier molecular flexibility index (Phi) is 8.38. The van der Waals surface area contributed by atoms with Gasteiger partial charge in [-0.2, -0.15) is 13.2 Å². The van der Waals surface area contributed by atoms with Crippen LogP contribution in [0.25, 0.3) is 10.2 Å². The van der Waals surface area contributed by atoms with Crippen LogP contribution >= 0.6 is 50.1 Å². The van der Waals surface area contributed by atoms with Crippen LogP contribution in [0.1, 0.15) is 58.2 Å². The first-order valence-corrected chi connectivity index (χ1v) is 14.2. The topological polar surface area (TPSA) is 80.8 Å². The molecule has 0 spiro atoms. The van der Waals surface area contributed by atoms with E-state index in [1.54, 1.807) is 41.5 Å². The van der Waals surface area contributed by atoms with Crippen molar-refractivity contribution < 1.29 is 27.8 Å². The molecule has 1 N–H and O–H groups in total. The van der Waals surface area contributed by atoms with Gasteiger partial charge < -0.3 is 14.8 Å². The van der Waals surface area contributed by atoms with Gasteiger partial charge in [-0.15, -0.1) is 22.7 Å². The van der Waals surface area contributed by atoms with E-state index in [4.69, 9.17) is 9.47 Å². The van der Waals surface area contributed by atoms with Crippen LogP contribution in [0.3, 0.4) is 0 Å². The summed E-state index contributed by atoms with van der Waals surface area (Å²) in [7, 11) is 0. The van der Waals surface area contributed by atoms with E-state index >= 15 is 8.78 Å². The molecule has 3 rings (SSSR count). The summed E-state index contributed by atoms with van der Waals surface area (Å²) in [5.41, 5.74) is -1.25. The van der Waals surface area contributed by atoms with E-state index in [-0.39, 0.29) is 15.9 Å². The van der Waals surface area contributed by atoms with E-state index in [9.17, 15) is 9.59 Å². The van der Waals surface area contributed by atoms with E-state index in [0.717, 1.165) is 27.7 Å². The maximum Gasteiger partial charge on any atom is 0.415 e. The lowest BCUT2D eigenvalue weighted by atomic mass is 10.1. The fourth-order valence-electron chi connectivity index (χ4n) is 3.01. The lowest BCUT2D eigenvalue weighted by Crippen LogP contribution is -2.45. The summed E-state index contributed by atoms with van der Waals surface area (Å²) in [5.74, 6) is -3.44. The Labute approximate surface area is 229 Å². The molecular formula is C23H28BrF2N3O4S3. The summed E-state index contributed by atoms with van der Waals surface area (Å²) in [5, 5.41) is 4.53. The third-order valence-electron chi connectivity index (χ3n) is 4.58. The minimum Gasteiger partial charge on any atom is -0.444 e. The van der Waals surface area contributed by atoms with Crippen molar-refractivity contribution in [2.75, 3.05) is 4.90 Å². The maximum atomic E-state index is 15.5. The number of alkyl halides is 2. The van der Waals surface area contributed by atoms with Gasteiger partial charge in [0.2, 0.25) is 0 Å². The average molecular weight is 625 g/mol. The minimum atomic E-state index is -3.44. The van der Waals surface area contributed by atoms with Crippen molar-refractivity contribution in [2.45, 2.75) is 78.2 Å². The quantitative estimate of drug-likeness (QED) is 0.300. The fourth-order valence-corrected chi connectivity index (χ4v) is 6.96. The van der Waals surface area contributed by atoms with Crippen molar-refractivity contribution in [3.05, 3.63) is 31.7 Å². The number of anilines is 1. The summed E-state index contributed by atoms with van der Waals surface area (Å²) < 4.78 is 46.7. The van der Waals surface area contributed by atoms with Gasteiger partial charge in [-0.25, -0.2) is 9.59 Å². The van der Waals surface area contributed by atoms with E-state index in [1.807, 2.05) is 17.5 Å². The van der Waals surface area contributed by atoms with Gasteiger partial charge >= 0.3 is 18.1 Å². The van der Waals surface area contributed by atoms with Gasteiger partial charge in [-0.1, -0.05) is 6.07 Å². The number of amides is 2. The Hall–Kier alpha value is -1.83. The van der Waals surface area contributed by atoms with E-state index in [0.29, 0.717) is 15.2 Å². The van der Waals surface area contributed by atoms with Gasteiger partial charge in [0, 0.05) is 4.88 Å². The number of rotatable bonds is 6. The van der Waals surface area contributed by atoms with E-state index in [2.05, 4.69) is 25.6 Å². The molecule has 0 saturated carbocycles. The molecule has 0 fully saturated rings. The highest BCUT2D eigenvalue weighted by molar-refractivity contribution is 9.10. The summed E-state index contributed by atoms with van der Waals surface area (Å²) >= 11 is 6.61. The molecule has 0 radical (unpaired) electrons. The normalized spacial score (nSPS) is 13.5. The van der Waals surface area contributed by atoms with Crippen LogP contribution in [-0.4, -0.2) is 33.8 Å². The number of nitrogens with zero attached hydrogens (tertiary/aromatic N) is 2. The molecule has 13 heteroatoms. The van der Waals surface area contributed by atoms with Crippen LogP contribution in [0.15, 0.2) is 22.0 Å². The Bertz CT molecular complexity index is 1230. The number of alkyl carbamates (subject to hydrolysis) is 1. The van der Waals surface area contributed by atoms with Gasteiger partial charge in [0.15, 0.2) is 0 Å². The number of nitrogens with one attached hydrogen (secondary N) is 1. The first kappa shape index (κ1) is 28.7. The average Bonchev–Trinajstić information content (AvgIpc) is 3.42. The molecule has 7 nitrogen and oxygen atoms in total. The van der Waals surface area contributed by atoms with Crippen LogP contribution in [0.2, 0.25) is 0 Å². The third kappa shape index (κ3) is 6.73. The number of carbonyl (C=O) groups excluding carboxylic acids is 2. The van der Waals surface area contributed by atoms with E-state index < -0.39 is 35.4 Å². The summed E-state index contributed by atoms with van der Waals surface area (Å²) in [4.78, 5) is 27.2. The predicted molar refractivity (Wildman–Crippen MR) is 145 cm³/mol. The highest BCUT2D eigenvalue weighted by Crippen LogP contribution is 2.49. The molecule has 1 atom stereocenters. The summed E-state index contributed by atoms with van der Waals surface area (Å²) in [6, 6.07) is 2.19. The molecule has 3 aromatic rings. The van der Waals surface area contributed by atoms with Crippen molar-refractivity contribution >= 4 is 77.5 Å². The fraction of sp³-hybridized carbons (Fsp3) is 0.522. The monoisotopic (exact) mass is 623 g/mol. The summed E-state index contributed by atoms with van der Waals surface area (Å²) in [6.45, 7) is 11.7. The lowest BCUT2D eigenvalue weighted by Gasteiger charge is -2.26. The smallest absolute Gasteiger partial charge is 0.415 e. The molecular weight excluding hydrogens is 596 g/mol. The van der Waals surface area contributed by atoms with E-state index in [1.165, 1.54) is 23.2 Å². The number of ether oxygens (including phenoxy) is 2. The van der Waals surface area contributed by atoms with Crippen molar-refractivity contribution in [1.29, 1.82) is 0 Å². The highest BCUT2D eigenvalue weighted by Gasteiger charge is 2.45. The van der Waals surface area contributed by atoms with Crippen LogP contribution in [0.4, 0.5) is 23.4 Å². The highest BCUT2D eigenvalue weighted by atomic mass is 79.9. The van der Waals surface area contributed by atoms with Crippen LogP contribution in [0, 0.1) is 0 Å². The largest absolute Gasteiger partial charge is 0.444 e. The number of fused-ring (bicyclic) bond motifs is 1. The zero-order valence-corrected chi connectivity index (χ0v) is 24.9. The van der Waals surface area contributed by atoms with Gasteiger partial charge in [0.05, 0.1) is 26.6 Å². The standard InChI is InChI=1S/C23H28BrF2N3O4S3/c1-12(27-19(30)32-21(2,3)4)23(25,26)17-14(24)15-16(35-17)18(36-28-15)29(11-13-9-8-10-34-13)20(31)33-22(5,6)7/h8-10,12H,11H2,1-7H3,(H,27,30). The molecule has 0 aliphatic heterocycles. The molecule has 36 heavy (non-hydrogen) atoms. The second-order valence-electron chi connectivity index (χ2n) is 10.0. The number of carbonyl (C=O) groups is 2. The molecule has 3 aromatic heterocycles. The second-order valence-corrected chi connectivity index (χ2v) is 13.6. The Morgan fingerprint density at radius 1 is 1.17 bits per heavy atom. The molecule has 0 aliphatic rings. The predicted octanol–water partition coefficient (Wildman–Crippen LogP) is 8.13. The molecule has 0 saturated heterocycles. The Morgan fingerprint density at radius 3 is 2.36 bits per heavy atom. The third-order valence-corrected chi connectivity index (χ3v) is 8.74. The zero-order valence-electron chi connectivity index (χ0n) is 20.9. The maximum absolute atomic E-state index is 15.5. The molecule has 198 valence electrons.